The minimum absolute atomic E-state index is 0.570. The van der Waals surface area contributed by atoms with Crippen LogP contribution in [0, 0.1) is 6.92 Å². The Bertz CT molecular complexity index is 406. The van der Waals surface area contributed by atoms with E-state index in [2.05, 4.69) is 11.1 Å². The van der Waals surface area contributed by atoms with Crippen molar-refractivity contribution in [2.24, 2.45) is 5.73 Å². The molecule has 1 aromatic heterocycles. The molecule has 1 heterocycles. The van der Waals surface area contributed by atoms with Gasteiger partial charge in [0.15, 0.2) is 0 Å². The second-order valence-corrected chi connectivity index (χ2v) is 3.94. The highest BCUT2D eigenvalue weighted by Gasteiger charge is 2.03. The van der Waals surface area contributed by atoms with Crippen LogP contribution in [0.5, 0.6) is 0 Å². The van der Waals surface area contributed by atoms with E-state index in [1.807, 2.05) is 19.1 Å². The summed E-state index contributed by atoms with van der Waals surface area (Å²) >= 11 is 1.72. The van der Waals surface area contributed by atoms with Gasteiger partial charge in [-0.25, -0.2) is 4.98 Å². The van der Waals surface area contributed by atoms with Crippen molar-refractivity contribution in [1.29, 1.82) is 0 Å². The van der Waals surface area contributed by atoms with Crippen molar-refractivity contribution < 1.29 is 0 Å². The maximum atomic E-state index is 5.59. The van der Waals surface area contributed by atoms with E-state index in [1.54, 1.807) is 11.3 Å². The third kappa shape index (κ3) is 1.11. The number of benzene rings is 1. The first kappa shape index (κ1) is 7.71. The number of rotatable bonds is 1. The van der Waals surface area contributed by atoms with E-state index < -0.39 is 0 Å². The summed E-state index contributed by atoms with van der Waals surface area (Å²) in [6.07, 6.45) is 0. The Kier molecular flexibility index (Phi) is 1.83. The normalized spacial score (nSPS) is 10.8. The molecule has 0 radical (unpaired) electrons. The largest absolute Gasteiger partial charge is 0.326 e. The number of aromatic nitrogens is 1. The fourth-order valence-electron chi connectivity index (χ4n) is 1.28. The van der Waals surface area contributed by atoms with Crippen LogP contribution in [0.15, 0.2) is 18.2 Å². The van der Waals surface area contributed by atoms with Gasteiger partial charge < -0.3 is 5.73 Å². The topological polar surface area (TPSA) is 38.9 Å². The Morgan fingerprint density at radius 1 is 1.50 bits per heavy atom. The van der Waals surface area contributed by atoms with Gasteiger partial charge in [0.2, 0.25) is 0 Å². The van der Waals surface area contributed by atoms with Gasteiger partial charge >= 0.3 is 0 Å². The molecule has 0 aliphatic heterocycles. The highest BCUT2D eigenvalue weighted by Crippen LogP contribution is 2.23. The Labute approximate surface area is 75.0 Å². The highest BCUT2D eigenvalue weighted by atomic mass is 32.1. The van der Waals surface area contributed by atoms with Crippen molar-refractivity contribution in [2.75, 3.05) is 0 Å². The average molecular weight is 178 g/mol. The van der Waals surface area contributed by atoms with E-state index in [0.717, 1.165) is 16.1 Å². The van der Waals surface area contributed by atoms with E-state index in [4.69, 9.17) is 5.73 Å². The first-order valence-corrected chi connectivity index (χ1v) is 4.68. The third-order valence-corrected chi connectivity index (χ3v) is 2.77. The number of hydrogen-bond donors (Lipinski definition) is 1. The smallest absolute Gasteiger partial charge is 0.0907 e. The molecule has 0 aliphatic carbocycles. The van der Waals surface area contributed by atoms with Gasteiger partial charge in [-0.15, -0.1) is 11.3 Å². The summed E-state index contributed by atoms with van der Waals surface area (Å²) < 4.78 is 1.23. The predicted molar refractivity (Wildman–Crippen MR) is 52.2 cm³/mol. The summed E-state index contributed by atoms with van der Waals surface area (Å²) in [7, 11) is 0. The molecular formula is C9H10N2S. The fraction of sp³-hybridized carbons (Fsp3) is 0.222. The lowest BCUT2D eigenvalue weighted by atomic mass is 10.2. The van der Waals surface area contributed by atoms with Crippen molar-refractivity contribution in [3.63, 3.8) is 0 Å². The number of thiazole rings is 1. The maximum Gasteiger partial charge on any atom is 0.0907 e. The molecule has 2 nitrogen and oxygen atoms in total. The molecule has 0 fully saturated rings. The first-order chi connectivity index (χ1) is 5.81. The predicted octanol–water partition coefficient (Wildman–Crippen LogP) is 2.06. The van der Waals surface area contributed by atoms with Gasteiger partial charge in [-0.05, 0) is 18.6 Å². The van der Waals surface area contributed by atoms with Crippen LogP contribution in [-0.4, -0.2) is 4.98 Å². The molecule has 62 valence electrons. The molecule has 0 atom stereocenters. The fourth-order valence-corrected chi connectivity index (χ4v) is 2.16. The van der Waals surface area contributed by atoms with Crippen LogP contribution in [0.1, 0.15) is 10.6 Å². The van der Waals surface area contributed by atoms with Crippen LogP contribution in [0.25, 0.3) is 10.2 Å². The van der Waals surface area contributed by atoms with Crippen molar-refractivity contribution >= 4 is 21.6 Å². The van der Waals surface area contributed by atoms with Crippen LogP contribution in [-0.2, 0) is 6.54 Å². The first-order valence-electron chi connectivity index (χ1n) is 3.86. The molecular weight excluding hydrogens is 168 g/mol. The van der Waals surface area contributed by atoms with Gasteiger partial charge in [0.25, 0.3) is 0 Å². The molecule has 0 saturated carbocycles. The van der Waals surface area contributed by atoms with E-state index in [1.165, 1.54) is 4.70 Å². The maximum absolute atomic E-state index is 5.59. The van der Waals surface area contributed by atoms with E-state index in [9.17, 15) is 0 Å². The van der Waals surface area contributed by atoms with E-state index >= 15 is 0 Å². The number of hydrogen-bond acceptors (Lipinski definition) is 3. The van der Waals surface area contributed by atoms with Crippen LogP contribution >= 0.6 is 11.3 Å². The number of nitrogens with zero attached hydrogens (tertiary/aromatic N) is 1. The number of aryl methyl sites for hydroxylation is 1. The van der Waals surface area contributed by atoms with Crippen molar-refractivity contribution in [3.05, 3.63) is 28.8 Å². The SMILES string of the molecule is Cc1nc2c(CN)cccc2s1. The average Bonchev–Trinajstić information content (AvgIpc) is 2.44. The summed E-state index contributed by atoms with van der Waals surface area (Å²) in [6.45, 7) is 2.59. The monoisotopic (exact) mass is 178 g/mol. The second-order valence-electron chi connectivity index (χ2n) is 2.70. The summed E-state index contributed by atoms with van der Waals surface area (Å²) in [4.78, 5) is 4.42. The molecule has 3 heteroatoms. The number of fused-ring (bicyclic) bond motifs is 1. The molecule has 0 saturated heterocycles. The Morgan fingerprint density at radius 3 is 3.08 bits per heavy atom. The zero-order valence-corrected chi connectivity index (χ0v) is 7.69. The van der Waals surface area contributed by atoms with Gasteiger partial charge in [0.05, 0.1) is 15.2 Å². The quantitative estimate of drug-likeness (QED) is 0.726. The van der Waals surface area contributed by atoms with Gasteiger partial charge in [-0.2, -0.15) is 0 Å². The minimum Gasteiger partial charge on any atom is -0.326 e. The van der Waals surface area contributed by atoms with Crippen molar-refractivity contribution in [1.82, 2.24) is 4.98 Å². The molecule has 0 amide bonds. The van der Waals surface area contributed by atoms with E-state index in [0.29, 0.717) is 6.54 Å². The number of para-hydroxylation sites is 1. The van der Waals surface area contributed by atoms with Gasteiger partial charge in [-0.1, -0.05) is 12.1 Å². The van der Waals surface area contributed by atoms with Crippen LogP contribution in [0.3, 0.4) is 0 Å². The van der Waals surface area contributed by atoms with Gasteiger partial charge in [0, 0.05) is 6.54 Å². The Balaban J connectivity index is 2.78. The lowest BCUT2D eigenvalue weighted by Crippen LogP contribution is -1.96. The second kappa shape index (κ2) is 2.84. The summed E-state index contributed by atoms with van der Waals surface area (Å²) in [5.41, 5.74) is 7.80. The zero-order valence-electron chi connectivity index (χ0n) is 6.87. The number of nitrogens with two attached hydrogens (primary N) is 1. The highest BCUT2D eigenvalue weighted by molar-refractivity contribution is 7.18. The van der Waals surface area contributed by atoms with Crippen LogP contribution in [0.2, 0.25) is 0 Å². The Hall–Kier alpha value is -0.930. The standard InChI is InChI=1S/C9H10N2S/c1-6-11-9-7(5-10)3-2-4-8(9)12-6/h2-4H,5,10H2,1H3. The molecule has 0 unspecified atom stereocenters. The zero-order chi connectivity index (χ0) is 8.55. The molecule has 1 aromatic carbocycles. The lowest BCUT2D eigenvalue weighted by Gasteiger charge is -1.95. The molecule has 0 bridgehead atoms. The molecule has 2 N–H and O–H groups in total. The molecule has 0 spiro atoms. The molecule has 2 rings (SSSR count). The lowest BCUT2D eigenvalue weighted by molar-refractivity contribution is 1.08. The van der Waals surface area contributed by atoms with Crippen molar-refractivity contribution in [2.45, 2.75) is 13.5 Å². The van der Waals surface area contributed by atoms with Crippen LogP contribution < -0.4 is 5.73 Å². The minimum atomic E-state index is 0.570. The van der Waals surface area contributed by atoms with E-state index in [-0.39, 0.29) is 0 Å². The molecule has 12 heavy (non-hydrogen) atoms. The molecule has 0 aliphatic rings. The molecule has 2 aromatic rings. The van der Waals surface area contributed by atoms with Crippen LogP contribution in [0.4, 0.5) is 0 Å². The van der Waals surface area contributed by atoms with Gasteiger partial charge in [0.1, 0.15) is 0 Å². The third-order valence-electron chi connectivity index (χ3n) is 1.83. The summed E-state index contributed by atoms with van der Waals surface area (Å²) in [5.74, 6) is 0. The van der Waals surface area contributed by atoms with Gasteiger partial charge in [-0.3, -0.25) is 0 Å². The summed E-state index contributed by atoms with van der Waals surface area (Å²) in [6, 6.07) is 6.14. The summed E-state index contributed by atoms with van der Waals surface area (Å²) in [5, 5.41) is 1.10. The Morgan fingerprint density at radius 2 is 2.33 bits per heavy atom. The van der Waals surface area contributed by atoms with Crippen molar-refractivity contribution in [3.8, 4) is 0 Å².